The number of ether oxygens (including phenoxy) is 6. The number of fused-ring (bicyclic) bond motifs is 3. The highest BCUT2D eigenvalue weighted by Crippen LogP contribution is 2.40. The first-order valence-electron chi connectivity index (χ1n) is 23.4. The Morgan fingerprint density at radius 2 is 1.62 bits per heavy atom. The SMILES string of the molecule is CCC1C=C(C)C(F)C(C)CC(OC)C2OC(O)(C(=O)C(=O)N3CCCCC3C(=O)OC(C(C)=CC3CCC(Oc4cccc(C)c4)C(OC)C3)C(C)C(O)CC1=O)C(C)CC2OC. The molecule has 1 aliphatic carbocycles. The highest BCUT2D eigenvalue weighted by molar-refractivity contribution is 6.39. The van der Waals surface area contributed by atoms with Crippen LogP contribution in [0, 0.1) is 36.5 Å². The number of nitrogens with zero attached hydrogens (tertiary/aromatic N) is 1. The summed E-state index contributed by atoms with van der Waals surface area (Å²) in [5.74, 6) is -8.26. The van der Waals surface area contributed by atoms with Gasteiger partial charge < -0.3 is 43.5 Å². The molecule has 1 saturated carbocycles. The number of carbonyl (C=O) groups is 4. The number of esters is 1. The molecule has 2 bridgehead atoms. The molecule has 1 amide bonds. The van der Waals surface area contributed by atoms with Crippen LogP contribution in [0.2, 0.25) is 0 Å². The molecule has 4 aliphatic rings. The van der Waals surface area contributed by atoms with Crippen molar-refractivity contribution in [2.45, 2.75) is 173 Å². The van der Waals surface area contributed by atoms with E-state index in [0.29, 0.717) is 43.3 Å². The maximum Gasteiger partial charge on any atom is 0.329 e. The number of allylic oxidation sites excluding steroid dienone is 3. The summed E-state index contributed by atoms with van der Waals surface area (Å²) in [6, 6.07) is 6.70. The third-order valence-electron chi connectivity index (χ3n) is 14.4. The summed E-state index contributed by atoms with van der Waals surface area (Å²) in [6.45, 7) is 12.4. The lowest BCUT2D eigenvalue weighted by Gasteiger charge is -2.47. The summed E-state index contributed by atoms with van der Waals surface area (Å²) in [7, 11) is 4.55. The van der Waals surface area contributed by atoms with Gasteiger partial charge in [-0.15, -0.1) is 0 Å². The molecule has 5 rings (SSSR count). The number of aliphatic hydroxyl groups is 2. The van der Waals surface area contributed by atoms with Crippen molar-refractivity contribution in [1.29, 1.82) is 0 Å². The number of ketones is 2. The molecule has 0 aromatic heterocycles. The number of alkyl halides is 1. The quantitative estimate of drug-likeness (QED) is 0.159. The van der Waals surface area contributed by atoms with Gasteiger partial charge in [0.05, 0.1) is 24.4 Å². The molecule has 3 heterocycles. The Kier molecular flexibility index (Phi) is 18.3. The van der Waals surface area contributed by atoms with Gasteiger partial charge in [0.1, 0.15) is 42.1 Å². The summed E-state index contributed by atoms with van der Waals surface area (Å²) < 4.78 is 52.7. The highest BCUT2D eigenvalue weighted by Gasteiger charge is 2.57. The van der Waals surface area contributed by atoms with Crippen LogP contribution in [0.15, 0.2) is 47.6 Å². The first kappa shape index (κ1) is 51.5. The van der Waals surface area contributed by atoms with E-state index in [1.165, 1.54) is 14.2 Å². The number of hydrogen-bond donors (Lipinski definition) is 2. The topological polar surface area (TPSA) is 167 Å². The van der Waals surface area contributed by atoms with Crippen LogP contribution in [0.1, 0.15) is 111 Å². The van der Waals surface area contributed by atoms with Crippen molar-refractivity contribution < 1.29 is 62.2 Å². The minimum atomic E-state index is -2.61. The number of cyclic esters (lactones) is 1. The lowest BCUT2D eigenvalue weighted by atomic mass is 9.81. The van der Waals surface area contributed by atoms with E-state index in [9.17, 15) is 29.4 Å². The summed E-state index contributed by atoms with van der Waals surface area (Å²) in [6.07, 6.45) is 0.485. The molecule has 2 saturated heterocycles. The first-order chi connectivity index (χ1) is 30.4. The molecule has 15 unspecified atom stereocenters. The van der Waals surface area contributed by atoms with E-state index in [1.54, 1.807) is 40.9 Å². The normalized spacial score (nSPS) is 38.1. The van der Waals surface area contributed by atoms with E-state index < -0.39 is 89.9 Å². The molecule has 15 atom stereocenters. The van der Waals surface area contributed by atoms with Crippen molar-refractivity contribution in [3.8, 4) is 5.75 Å². The van der Waals surface area contributed by atoms with Gasteiger partial charge in [-0.1, -0.05) is 52.0 Å². The van der Waals surface area contributed by atoms with Gasteiger partial charge in [-0.25, -0.2) is 9.18 Å². The third kappa shape index (κ3) is 11.9. The number of rotatable bonds is 8. The van der Waals surface area contributed by atoms with E-state index in [4.69, 9.17) is 28.4 Å². The van der Waals surface area contributed by atoms with Crippen LogP contribution in [0.4, 0.5) is 4.39 Å². The lowest BCUT2D eigenvalue weighted by molar-refractivity contribution is -0.302. The lowest BCUT2D eigenvalue weighted by Crippen LogP contribution is -2.64. The van der Waals surface area contributed by atoms with Crippen molar-refractivity contribution in [2.75, 3.05) is 27.9 Å². The van der Waals surface area contributed by atoms with Gasteiger partial charge in [0.15, 0.2) is 0 Å². The highest BCUT2D eigenvalue weighted by atomic mass is 19.1. The third-order valence-corrected chi connectivity index (χ3v) is 14.4. The predicted molar refractivity (Wildman–Crippen MR) is 238 cm³/mol. The van der Waals surface area contributed by atoms with Gasteiger partial charge in [0.25, 0.3) is 11.7 Å². The zero-order chi connectivity index (χ0) is 47.0. The van der Waals surface area contributed by atoms with E-state index >= 15 is 4.39 Å². The van der Waals surface area contributed by atoms with Crippen LogP contribution < -0.4 is 4.74 Å². The Morgan fingerprint density at radius 1 is 0.938 bits per heavy atom. The van der Waals surface area contributed by atoms with Crippen LogP contribution in [0.3, 0.4) is 0 Å². The maximum atomic E-state index is 16.3. The summed E-state index contributed by atoms with van der Waals surface area (Å²) in [5.41, 5.74) is 2.07. The Morgan fingerprint density at radius 3 is 2.28 bits per heavy atom. The van der Waals surface area contributed by atoms with Crippen molar-refractivity contribution in [2.24, 2.45) is 29.6 Å². The second-order valence-electron chi connectivity index (χ2n) is 19.0. The molecule has 64 heavy (non-hydrogen) atoms. The van der Waals surface area contributed by atoms with E-state index in [1.807, 2.05) is 51.1 Å². The number of benzene rings is 1. The maximum absolute atomic E-state index is 16.3. The predicted octanol–water partition coefficient (Wildman–Crippen LogP) is 6.82. The Hall–Kier alpha value is -3.53. The molecule has 358 valence electrons. The van der Waals surface area contributed by atoms with Gasteiger partial charge in [0, 0.05) is 52.0 Å². The zero-order valence-corrected chi connectivity index (χ0v) is 39.6. The molecule has 3 fully saturated rings. The average Bonchev–Trinajstić information content (AvgIpc) is 3.28. The van der Waals surface area contributed by atoms with Gasteiger partial charge in [-0.3, -0.25) is 14.4 Å². The molecule has 0 radical (unpaired) electrons. The molecule has 14 heteroatoms. The first-order valence-corrected chi connectivity index (χ1v) is 23.4. The van der Waals surface area contributed by atoms with Crippen LogP contribution >= 0.6 is 0 Å². The number of amides is 1. The number of carbonyl (C=O) groups excluding carboxylic acids is 4. The smallest absolute Gasteiger partial charge is 0.329 e. The largest absolute Gasteiger partial charge is 0.488 e. The van der Waals surface area contributed by atoms with Crippen LogP contribution in [0.5, 0.6) is 5.75 Å². The molecule has 1 aromatic rings. The minimum Gasteiger partial charge on any atom is -0.488 e. The van der Waals surface area contributed by atoms with Gasteiger partial charge in [-0.2, -0.15) is 0 Å². The van der Waals surface area contributed by atoms with Crippen molar-refractivity contribution in [3.63, 3.8) is 0 Å². The fourth-order valence-corrected chi connectivity index (χ4v) is 10.3. The molecular weight excluding hydrogens is 826 g/mol. The molecule has 1 aromatic carbocycles. The van der Waals surface area contributed by atoms with Crippen LogP contribution in [-0.2, 0) is 42.9 Å². The second-order valence-corrected chi connectivity index (χ2v) is 19.0. The molecule has 0 spiro atoms. The standard InChI is InChI=1S/C50H74FNO12/c1-11-35-23-29(3)44(51)30(4)24-42(60-9)46-43(61-10)25-32(6)50(58,64-46)47(55)48(56)52-20-13-12-17-37(52)49(57)63-45(33(7)38(53)27-39(35)54)31(5)22-34-18-19-40(41(26-34)59-8)62-36-16-14-15-28(2)21-36/h14-16,21-23,30,32-35,37-38,40-46,53,58H,11-13,17-20,24-27H2,1-10H3. The monoisotopic (exact) mass is 900 g/mol. The number of piperidine rings is 1. The zero-order valence-electron chi connectivity index (χ0n) is 39.6. The van der Waals surface area contributed by atoms with Gasteiger partial charge in [0.2, 0.25) is 5.79 Å². The summed E-state index contributed by atoms with van der Waals surface area (Å²) >= 11 is 0. The Labute approximate surface area is 379 Å². The van der Waals surface area contributed by atoms with E-state index in [2.05, 4.69) is 0 Å². The fraction of sp³-hybridized carbons (Fsp3) is 0.720. The van der Waals surface area contributed by atoms with Gasteiger partial charge in [-0.05, 0) is 119 Å². The molecule has 13 nitrogen and oxygen atoms in total. The summed E-state index contributed by atoms with van der Waals surface area (Å²) in [5, 5.41) is 23.9. The number of Topliss-reactive ketones (excluding diaryl/α,β-unsaturated/α-hetero) is 2. The molecular formula is C50H74FNO12. The number of hydrogen-bond acceptors (Lipinski definition) is 12. The Balaban J connectivity index is 1.50. The Bertz CT molecular complexity index is 1840. The fourth-order valence-electron chi connectivity index (χ4n) is 10.3. The van der Waals surface area contributed by atoms with Crippen LogP contribution in [0.25, 0.3) is 0 Å². The van der Waals surface area contributed by atoms with Gasteiger partial charge >= 0.3 is 5.97 Å². The van der Waals surface area contributed by atoms with Crippen molar-refractivity contribution >= 4 is 23.4 Å². The molecule has 2 N–H and O–H groups in total. The summed E-state index contributed by atoms with van der Waals surface area (Å²) in [4.78, 5) is 58.2. The number of aryl methyl sites for hydroxylation is 1. The number of methoxy groups -OCH3 is 3. The second kappa shape index (κ2) is 22.8. The van der Waals surface area contributed by atoms with Crippen molar-refractivity contribution in [1.82, 2.24) is 4.90 Å². The number of halogens is 1. The van der Waals surface area contributed by atoms with E-state index in [-0.39, 0.29) is 56.1 Å². The molecule has 3 aliphatic heterocycles. The van der Waals surface area contributed by atoms with Crippen molar-refractivity contribution in [3.05, 3.63) is 53.1 Å². The van der Waals surface area contributed by atoms with Crippen LogP contribution in [-0.4, -0.2) is 127 Å². The minimum absolute atomic E-state index is 0.00593. The van der Waals surface area contributed by atoms with E-state index in [0.717, 1.165) is 22.6 Å². The number of aliphatic hydroxyl groups excluding tert-OH is 1. The average molecular weight is 900 g/mol.